The van der Waals surface area contributed by atoms with Crippen LogP contribution in [0.3, 0.4) is 0 Å². The van der Waals surface area contributed by atoms with Gasteiger partial charge in [0.15, 0.2) is 18.1 Å². The Labute approximate surface area is 193 Å². The van der Waals surface area contributed by atoms with Crippen LogP contribution in [0, 0.1) is 0 Å². The zero-order valence-corrected chi connectivity index (χ0v) is 19.2. The highest BCUT2D eigenvalue weighted by molar-refractivity contribution is 7.89. The average molecular weight is 471 g/mol. The highest BCUT2D eigenvalue weighted by atomic mass is 32.2. The minimum Gasteiger partial charge on any atom is -0.493 e. The molecule has 0 heterocycles. The molecule has 0 radical (unpaired) electrons. The third-order valence-electron chi connectivity index (χ3n) is 4.72. The Morgan fingerprint density at radius 3 is 2.24 bits per heavy atom. The zero-order valence-electron chi connectivity index (χ0n) is 18.4. The SMILES string of the molecule is COc1ccc(NC(=O)COc2ccc(S(=O)(=O)NCCc3ccccc3)cc2)cc1OC. The molecule has 0 fully saturated rings. The van der Waals surface area contributed by atoms with Gasteiger partial charge in [-0.3, -0.25) is 4.79 Å². The topological polar surface area (TPSA) is 103 Å². The van der Waals surface area contributed by atoms with Gasteiger partial charge in [0.25, 0.3) is 5.91 Å². The van der Waals surface area contributed by atoms with E-state index in [1.54, 1.807) is 18.2 Å². The van der Waals surface area contributed by atoms with E-state index in [4.69, 9.17) is 14.2 Å². The van der Waals surface area contributed by atoms with E-state index < -0.39 is 10.0 Å². The van der Waals surface area contributed by atoms with Crippen LogP contribution < -0.4 is 24.2 Å². The minimum atomic E-state index is -3.64. The van der Waals surface area contributed by atoms with Gasteiger partial charge in [-0.2, -0.15) is 0 Å². The Morgan fingerprint density at radius 1 is 0.879 bits per heavy atom. The van der Waals surface area contributed by atoms with Crippen LogP contribution in [-0.4, -0.2) is 41.7 Å². The van der Waals surface area contributed by atoms with Gasteiger partial charge in [0, 0.05) is 18.3 Å². The first-order valence-corrected chi connectivity index (χ1v) is 11.7. The quantitative estimate of drug-likeness (QED) is 0.446. The third kappa shape index (κ3) is 6.96. The lowest BCUT2D eigenvalue weighted by molar-refractivity contribution is -0.118. The van der Waals surface area contributed by atoms with Crippen molar-refractivity contribution in [1.82, 2.24) is 4.72 Å². The summed E-state index contributed by atoms with van der Waals surface area (Å²) in [5.41, 5.74) is 1.58. The van der Waals surface area contributed by atoms with Crippen LogP contribution >= 0.6 is 0 Å². The van der Waals surface area contributed by atoms with E-state index in [2.05, 4.69) is 10.0 Å². The number of carbonyl (C=O) groups excluding carboxylic acids is 1. The molecule has 33 heavy (non-hydrogen) atoms. The normalized spacial score (nSPS) is 11.0. The summed E-state index contributed by atoms with van der Waals surface area (Å²) in [7, 11) is -0.600. The number of anilines is 1. The number of ether oxygens (including phenoxy) is 3. The number of nitrogens with one attached hydrogen (secondary N) is 2. The molecule has 1 amide bonds. The van der Waals surface area contributed by atoms with E-state index in [9.17, 15) is 13.2 Å². The number of hydrogen-bond donors (Lipinski definition) is 2. The standard InChI is InChI=1S/C24H26N2O6S/c1-30-22-13-8-19(16-23(22)31-2)26-24(27)17-32-20-9-11-21(12-10-20)33(28,29)25-15-14-18-6-4-3-5-7-18/h3-13,16,25H,14-15,17H2,1-2H3,(H,26,27). The Balaban J connectivity index is 1.50. The number of amides is 1. The predicted molar refractivity (Wildman–Crippen MR) is 125 cm³/mol. The fourth-order valence-electron chi connectivity index (χ4n) is 3.03. The van der Waals surface area contributed by atoms with E-state index >= 15 is 0 Å². The van der Waals surface area contributed by atoms with Gasteiger partial charge in [0.05, 0.1) is 19.1 Å². The van der Waals surface area contributed by atoms with Crippen molar-refractivity contribution in [2.75, 3.05) is 32.7 Å². The van der Waals surface area contributed by atoms with Gasteiger partial charge in [-0.05, 0) is 48.4 Å². The van der Waals surface area contributed by atoms with Gasteiger partial charge in [0.2, 0.25) is 10.0 Å². The maximum absolute atomic E-state index is 12.5. The number of hydrogen-bond acceptors (Lipinski definition) is 6. The number of methoxy groups -OCH3 is 2. The van der Waals surface area contributed by atoms with E-state index in [-0.39, 0.29) is 17.4 Å². The first-order valence-electron chi connectivity index (χ1n) is 10.2. The van der Waals surface area contributed by atoms with Crippen LogP contribution in [0.4, 0.5) is 5.69 Å². The predicted octanol–water partition coefficient (Wildman–Crippen LogP) is 3.24. The highest BCUT2D eigenvalue weighted by Crippen LogP contribution is 2.29. The summed E-state index contributed by atoms with van der Waals surface area (Å²) < 4.78 is 43.4. The van der Waals surface area contributed by atoms with Crippen LogP contribution in [0.1, 0.15) is 5.56 Å². The summed E-state index contributed by atoms with van der Waals surface area (Å²) in [5.74, 6) is 1.05. The van der Waals surface area contributed by atoms with Crippen molar-refractivity contribution < 1.29 is 27.4 Å². The van der Waals surface area contributed by atoms with Crippen LogP contribution in [0.15, 0.2) is 77.7 Å². The summed E-state index contributed by atoms with van der Waals surface area (Å²) in [5, 5.41) is 2.71. The maximum atomic E-state index is 12.5. The molecule has 2 N–H and O–H groups in total. The molecule has 0 aliphatic carbocycles. The molecule has 0 unspecified atom stereocenters. The Kier molecular flexibility index (Phi) is 8.28. The zero-order chi connectivity index (χ0) is 23.7. The van der Waals surface area contributed by atoms with Crippen molar-refractivity contribution in [3.63, 3.8) is 0 Å². The molecule has 0 aliphatic heterocycles. The summed E-state index contributed by atoms with van der Waals surface area (Å²) >= 11 is 0. The van der Waals surface area contributed by atoms with Gasteiger partial charge in [-0.1, -0.05) is 30.3 Å². The van der Waals surface area contributed by atoms with Gasteiger partial charge in [-0.25, -0.2) is 13.1 Å². The lowest BCUT2D eigenvalue weighted by Crippen LogP contribution is -2.26. The molecule has 3 aromatic rings. The average Bonchev–Trinajstić information content (AvgIpc) is 2.83. The number of rotatable bonds is 11. The second-order valence-corrected chi connectivity index (χ2v) is 8.78. The summed E-state index contributed by atoms with van der Waals surface area (Å²) in [6.45, 7) is 0.0523. The molecule has 0 bridgehead atoms. The van der Waals surface area contributed by atoms with Crippen molar-refractivity contribution in [2.24, 2.45) is 0 Å². The van der Waals surface area contributed by atoms with Crippen LogP contribution in [0.2, 0.25) is 0 Å². The molecular weight excluding hydrogens is 444 g/mol. The summed E-state index contributed by atoms with van der Waals surface area (Å²) in [6.07, 6.45) is 0.594. The number of carbonyl (C=O) groups is 1. The van der Waals surface area contributed by atoms with Gasteiger partial charge in [0.1, 0.15) is 5.75 Å². The van der Waals surface area contributed by atoms with E-state index in [0.717, 1.165) is 5.56 Å². The number of sulfonamides is 1. The fourth-order valence-corrected chi connectivity index (χ4v) is 4.06. The van der Waals surface area contributed by atoms with E-state index in [1.807, 2.05) is 30.3 Å². The molecule has 0 saturated heterocycles. The lowest BCUT2D eigenvalue weighted by Gasteiger charge is -2.11. The van der Waals surface area contributed by atoms with Crippen molar-refractivity contribution in [2.45, 2.75) is 11.3 Å². The largest absolute Gasteiger partial charge is 0.493 e. The molecule has 0 atom stereocenters. The molecule has 174 valence electrons. The molecule has 9 heteroatoms. The molecule has 0 saturated carbocycles. The van der Waals surface area contributed by atoms with Gasteiger partial charge < -0.3 is 19.5 Å². The third-order valence-corrected chi connectivity index (χ3v) is 6.20. The van der Waals surface area contributed by atoms with Crippen LogP contribution in [0.25, 0.3) is 0 Å². The second-order valence-electron chi connectivity index (χ2n) is 7.01. The summed E-state index contributed by atoms with van der Waals surface area (Å²) in [6, 6.07) is 20.5. The van der Waals surface area contributed by atoms with Gasteiger partial charge >= 0.3 is 0 Å². The monoisotopic (exact) mass is 470 g/mol. The molecule has 8 nitrogen and oxygen atoms in total. The van der Waals surface area contributed by atoms with Gasteiger partial charge in [-0.15, -0.1) is 0 Å². The van der Waals surface area contributed by atoms with E-state index in [0.29, 0.717) is 35.9 Å². The fraction of sp³-hybridized carbons (Fsp3) is 0.208. The first kappa shape index (κ1) is 24.1. The molecule has 3 rings (SSSR count). The molecular formula is C24H26N2O6S. The molecule has 0 aliphatic rings. The maximum Gasteiger partial charge on any atom is 0.262 e. The smallest absolute Gasteiger partial charge is 0.262 e. The van der Waals surface area contributed by atoms with Crippen molar-refractivity contribution >= 4 is 21.6 Å². The molecule has 0 spiro atoms. The Bertz CT molecular complexity index is 1170. The lowest BCUT2D eigenvalue weighted by atomic mass is 10.2. The first-order chi connectivity index (χ1) is 15.9. The van der Waals surface area contributed by atoms with Crippen molar-refractivity contribution in [3.05, 3.63) is 78.4 Å². The van der Waals surface area contributed by atoms with Crippen LogP contribution in [0.5, 0.6) is 17.2 Å². The Morgan fingerprint density at radius 2 is 1.58 bits per heavy atom. The summed E-state index contributed by atoms with van der Waals surface area (Å²) in [4.78, 5) is 12.3. The Hall–Kier alpha value is -3.56. The molecule has 3 aromatic carbocycles. The van der Waals surface area contributed by atoms with Crippen LogP contribution in [-0.2, 0) is 21.2 Å². The number of benzene rings is 3. The second kappa shape index (κ2) is 11.3. The highest BCUT2D eigenvalue weighted by Gasteiger charge is 2.14. The molecule has 0 aromatic heterocycles. The minimum absolute atomic E-state index is 0.123. The van der Waals surface area contributed by atoms with E-state index in [1.165, 1.54) is 38.5 Å². The van der Waals surface area contributed by atoms with Crippen molar-refractivity contribution in [3.8, 4) is 17.2 Å². The van der Waals surface area contributed by atoms with Crippen molar-refractivity contribution in [1.29, 1.82) is 0 Å².